The van der Waals surface area contributed by atoms with Crippen LogP contribution in [0.5, 0.6) is 11.5 Å². The number of nitrogens with zero attached hydrogens (tertiary/aromatic N) is 4. The molecule has 11 nitrogen and oxygen atoms in total. The summed E-state index contributed by atoms with van der Waals surface area (Å²) in [5.41, 5.74) is 1.03. The van der Waals surface area contributed by atoms with Gasteiger partial charge in [-0.25, -0.2) is 23.2 Å². The minimum absolute atomic E-state index is 0.0308. The summed E-state index contributed by atoms with van der Waals surface area (Å²) in [6.45, 7) is 3.12. The first kappa shape index (κ1) is 23.7. The van der Waals surface area contributed by atoms with E-state index in [2.05, 4.69) is 20.0 Å². The van der Waals surface area contributed by atoms with Crippen molar-refractivity contribution in [2.45, 2.75) is 11.4 Å². The lowest BCUT2D eigenvalue weighted by Crippen LogP contribution is -2.52. The second-order valence-corrected chi connectivity index (χ2v) is 9.94. The first-order valence-electron chi connectivity index (χ1n) is 11.5. The third-order valence-electron chi connectivity index (χ3n) is 5.89. The van der Waals surface area contributed by atoms with Crippen LogP contribution >= 0.6 is 0 Å². The Morgan fingerprint density at radius 1 is 0.917 bits per heavy atom. The number of piperazine rings is 1. The minimum Gasteiger partial charge on any atom is -0.486 e. The molecule has 2 aromatic carbocycles. The number of anilines is 2. The van der Waals surface area contributed by atoms with Crippen LogP contribution in [-0.2, 0) is 16.6 Å². The molecule has 0 radical (unpaired) electrons. The molecule has 3 aromatic rings. The van der Waals surface area contributed by atoms with Crippen LogP contribution in [0, 0.1) is 0 Å². The molecule has 2 aliphatic heterocycles. The van der Waals surface area contributed by atoms with E-state index in [1.807, 2.05) is 35.2 Å². The maximum absolute atomic E-state index is 13.1. The molecule has 1 saturated heterocycles. The number of hydrogen-bond acceptors (Lipinski definition) is 8. The van der Waals surface area contributed by atoms with E-state index < -0.39 is 10.0 Å². The van der Waals surface area contributed by atoms with E-state index in [0.717, 1.165) is 5.56 Å². The molecule has 2 N–H and O–H groups in total. The molecule has 0 spiro atoms. The summed E-state index contributed by atoms with van der Waals surface area (Å²) in [5, 5.41) is 2.94. The molecule has 3 heterocycles. The minimum atomic E-state index is -3.96. The number of sulfonamides is 1. The Bertz CT molecular complexity index is 1330. The van der Waals surface area contributed by atoms with Crippen LogP contribution < -0.4 is 24.4 Å². The average Bonchev–Trinajstić information content (AvgIpc) is 2.92. The van der Waals surface area contributed by atoms with E-state index in [-0.39, 0.29) is 16.7 Å². The van der Waals surface area contributed by atoms with Crippen molar-refractivity contribution in [3.63, 3.8) is 0 Å². The summed E-state index contributed by atoms with van der Waals surface area (Å²) in [6, 6.07) is 14.0. The second kappa shape index (κ2) is 10.3. The molecule has 12 heteroatoms. The number of fused-ring (bicyclic) bond motifs is 1. The Balaban J connectivity index is 1.23. The number of amides is 2. The second-order valence-electron chi connectivity index (χ2n) is 8.26. The zero-order chi connectivity index (χ0) is 25.0. The summed E-state index contributed by atoms with van der Waals surface area (Å²) >= 11 is 0. The maximum atomic E-state index is 13.1. The van der Waals surface area contributed by atoms with E-state index >= 15 is 0 Å². The molecule has 0 aliphatic carbocycles. The summed E-state index contributed by atoms with van der Waals surface area (Å²) in [4.78, 5) is 24.9. The van der Waals surface area contributed by atoms with Crippen LogP contribution in [0.25, 0.3) is 0 Å². The lowest BCUT2D eigenvalue weighted by molar-refractivity contribution is 0.171. The van der Waals surface area contributed by atoms with Crippen molar-refractivity contribution in [2.75, 3.05) is 49.0 Å². The van der Waals surface area contributed by atoms with E-state index in [1.165, 1.54) is 24.5 Å². The molecule has 5 rings (SSSR count). The number of carbonyl (C=O) groups excluding carboxylic acids is 1. The molecular weight excluding hydrogens is 484 g/mol. The Labute approximate surface area is 209 Å². The predicted octanol–water partition coefficient (Wildman–Crippen LogP) is 2.08. The third-order valence-corrected chi connectivity index (χ3v) is 7.22. The van der Waals surface area contributed by atoms with Crippen molar-refractivity contribution >= 4 is 27.7 Å². The van der Waals surface area contributed by atoms with Gasteiger partial charge in [0, 0.05) is 51.2 Å². The van der Waals surface area contributed by atoms with Crippen molar-refractivity contribution in [1.29, 1.82) is 0 Å². The van der Waals surface area contributed by atoms with Gasteiger partial charge in [-0.3, -0.25) is 4.72 Å². The Morgan fingerprint density at radius 2 is 1.64 bits per heavy atom. The average molecular weight is 511 g/mol. The fourth-order valence-electron chi connectivity index (χ4n) is 4.02. The molecule has 2 aliphatic rings. The molecule has 0 bridgehead atoms. The fourth-order valence-corrected chi connectivity index (χ4v) is 5.04. The van der Waals surface area contributed by atoms with E-state index in [4.69, 9.17) is 9.47 Å². The number of benzene rings is 2. The SMILES string of the molecule is O=C(NCc1ccccc1)N1CCN(c2nccnc2NS(=O)(=O)c2ccc3c(c2)OCCO3)CC1. The zero-order valence-corrected chi connectivity index (χ0v) is 20.3. The Hall–Kier alpha value is -4.06. The highest BCUT2D eigenvalue weighted by Crippen LogP contribution is 2.33. The first-order valence-corrected chi connectivity index (χ1v) is 13.0. The fraction of sp³-hybridized carbons (Fsp3) is 0.292. The van der Waals surface area contributed by atoms with Gasteiger partial charge >= 0.3 is 6.03 Å². The van der Waals surface area contributed by atoms with E-state index in [9.17, 15) is 13.2 Å². The van der Waals surface area contributed by atoms with Gasteiger partial charge in [0.05, 0.1) is 4.90 Å². The van der Waals surface area contributed by atoms with Gasteiger partial charge in [0.1, 0.15) is 13.2 Å². The van der Waals surface area contributed by atoms with Gasteiger partial charge in [0.2, 0.25) is 0 Å². The van der Waals surface area contributed by atoms with E-state index in [0.29, 0.717) is 63.3 Å². The smallest absolute Gasteiger partial charge is 0.317 e. The quantitative estimate of drug-likeness (QED) is 0.516. The van der Waals surface area contributed by atoms with Gasteiger partial charge in [0.15, 0.2) is 23.1 Å². The standard InChI is InChI=1S/C24H26N6O5S/c31-24(27-17-18-4-2-1-3-5-18)30-12-10-29(11-13-30)23-22(25-8-9-26-23)28-36(32,33)19-6-7-20-21(16-19)35-15-14-34-20/h1-9,16H,10-15,17H2,(H,25,28)(H,27,31). The number of carbonyl (C=O) groups is 1. The normalized spacial score (nSPS) is 15.3. The molecule has 2 amide bonds. The largest absolute Gasteiger partial charge is 0.486 e. The number of rotatable bonds is 6. The highest BCUT2D eigenvalue weighted by atomic mass is 32.2. The third kappa shape index (κ3) is 5.28. The monoisotopic (exact) mass is 510 g/mol. The van der Waals surface area contributed by atoms with Crippen LogP contribution in [0.15, 0.2) is 65.8 Å². The van der Waals surface area contributed by atoms with Gasteiger partial charge in [-0.15, -0.1) is 0 Å². The van der Waals surface area contributed by atoms with Gasteiger partial charge in [0.25, 0.3) is 10.0 Å². The van der Waals surface area contributed by atoms with Crippen molar-refractivity contribution in [1.82, 2.24) is 20.2 Å². The summed E-state index contributed by atoms with van der Waals surface area (Å²) in [6.07, 6.45) is 2.94. The van der Waals surface area contributed by atoms with E-state index in [1.54, 1.807) is 11.0 Å². The maximum Gasteiger partial charge on any atom is 0.317 e. The summed E-state index contributed by atoms with van der Waals surface area (Å²) in [5.74, 6) is 1.41. The predicted molar refractivity (Wildman–Crippen MR) is 133 cm³/mol. The van der Waals surface area contributed by atoms with Crippen LogP contribution in [0.4, 0.5) is 16.4 Å². The highest BCUT2D eigenvalue weighted by molar-refractivity contribution is 7.92. The van der Waals surface area contributed by atoms with Crippen LogP contribution in [0.2, 0.25) is 0 Å². The lowest BCUT2D eigenvalue weighted by atomic mass is 10.2. The number of hydrogen-bond donors (Lipinski definition) is 2. The molecule has 188 valence electrons. The Kier molecular flexibility index (Phi) is 6.76. The van der Waals surface area contributed by atoms with Crippen molar-refractivity contribution < 1.29 is 22.7 Å². The summed E-state index contributed by atoms with van der Waals surface area (Å²) < 4.78 is 39.7. The lowest BCUT2D eigenvalue weighted by Gasteiger charge is -2.35. The highest BCUT2D eigenvalue weighted by Gasteiger charge is 2.26. The number of nitrogens with one attached hydrogen (secondary N) is 2. The molecule has 1 aromatic heterocycles. The summed E-state index contributed by atoms with van der Waals surface area (Å²) in [7, 11) is -3.96. The molecule has 0 unspecified atom stereocenters. The van der Waals surface area contributed by atoms with Gasteiger partial charge < -0.3 is 24.6 Å². The Morgan fingerprint density at radius 3 is 2.42 bits per heavy atom. The van der Waals surface area contributed by atoms with Crippen molar-refractivity contribution in [2.24, 2.45) is 0 Å². The molecule has 1 fully saturated rings. The van der Waals surface area contributed by atoms with Crippen molar-refractivity contribution in [3.8, 4) is 11.5 Å². The molecular formula is C24H26N6O5S. The topological polar surface area (TPSA) is 126 Å². The van der Waals surface area contributed by atoms with Crippen molar-refractivity contribution in [3.05, 3.63) is 66.5 Å². The number of urea groups is 1. The van der Waals surface area contributed by atoms with Gasteiger partial charge in [-0.2, -0.15) is 0 Å². The molecule has 0 atom stereocenters. The first-order chi connectivity index (χ1) is 17.5. The van der Waals surface area contributed by atoms with Crippen LogP contribution in [0.1, 0.15) is 5.56 Å². The van der Waals surface area contributed by atoms with Gasteiger partial charge in [-0.05, 0) is 17.7 Å². The number of ether oxygens (including phenoxy) is 2. The number of aromatic nitrogens is 2. The molecule has 0 saturated carbocycles. The van der Waals surface area contributed by atoms with Crippen LogP contribution in [-0.4, -0.2) is 68.7 Å². The zero-order valence-electron chi connectivity index (χ0n) is 19.5. The van der Waals surface area contributed by atoms with Crippen LogP contribution in [0.3, 0.4) is 0 Å². The molecule has 36 heavy (non-hydrogen) atoms. The van der Waals surface area contributed by atoms with Gasteiger partial charge in [-0.1, -0.05) is 30.3 Å².